The van der Waals surface area contributed by atoms with Gasteiger partial charge in [-0.25, -0.2) is 0 Å². The van der Waals surface area contributed by atoms with Gasteiger partial charge in [0.25, 0.3) is 0 Å². The van der Waals surface area contributed by atoms with Gasteiger partial charge in [-0.05, 0) is 61.2 Å². The SMILES string of the molecule is Cc1cc(O)ccc1C1CCCN(C(/C=C(\N)c2ccccc2O)=C(N)N)C1. The number of phenolic OH excluding ortho intramolecular Hbond substituents is 2. The van der Waals surface area contributed by atoms with Crippen molar-refractivity contribution in [3.63, 3.8) is 0 Å². The number of aromatic hydroxyl groups is 2. The predicted molar refractivity (Wildman–Crippen MR) is 112 cm³/mol. The molecule has 0 bridgehead atoms. The molecule has 0 spiro atoms. The van der Waals surface area contributed by atoms with Gasteiger partial charge < -0.3 is 32.3 Å². The quantitative estimate of drug-likeness (QED) is 0.520. The van der Waals surface area contributed by atoms with Crippen LogP contribution in [0.3, 0.4) is 0 Å². The van der Waals surface area contributed by atoms with E-state index in [1.54, 1.807) is 36.4 Å². The van der Waals surface area contributed by atoms with Gasteiger partial charge >= 0.3 is 0 Å². The first-order valence-corrected chi connectivity index (χ1v) is 9.42. The molecule has 28 heavy (non-hydrogen) atoms. The third-order valence-electron chi connectivity index (χ3n) is 5.26. The summed E-state index contributed by atoms with van der Waals surface area (Å²) in [5, 5.41) is 19.7. The molecule has 6 nitrogen and oxygen atoms in total. The van der Waals surface area contributed by atoms with Gasteiger partial charge in [0.2, 0.25) is 0 Å². The molecule has 3 rings (SSSR count). The summed E-state index contributed by atoms with van der Waals surface area (Å²) in [7, 11) is 0. The van der Waals surface area contributed by atoms with E-state index in [1.165, 1.54) is 5.56 Å². The molecule has 0 saturated carbocycles. The highest BCUT2D eigenvalue weighted by molar-refractivity contribution is 5.69. The Kier molecular flexibility index (Phi) is 5.68. The summed E-state index contributed by atoms with van der Waals surface area (Å²) in [5.74, 6) is 0.895. The zero-order valence-corrected chi connectivity index (χ0v) is 16.1. The standard InChI is InChI=1S/C22H28N4O2/c1-14-11-16(27)8-9-17(14)15-5-4-10-26(13-15)20(22(24)25)12-19(23)18-6-2-3-7-21(18)28/h2-3,6-9,11-12,15,27-28H,4-5,10,13,23-25H2,1H3/b19-12-. The number of hydrogen-bond donors (Lipinski definition) is 5. The van der Waals surface area contributed by atoms with Crippen LogP contribution in [0.2, 0.25) is 0 Å². The zero-order valence-electron chi connectivity index (χ0n) is 16.1. The lowest BCUT2D eigenvalue weighted by atomic mass is 9.87. The predicted octanol–water partition coefficient (Wildman–Crippen LogP) is 2.67. The van der Waals surface area contributed by atoms with Crippen molar-refractivity contribution in [3.8, 4) is 11.5 Å². The van der Waals surface area contributed by atoms with Crippen molar-refractivity contribution in [2.75, 3.05) is 13.1 Å². The van der Waals surface area contributed by atoms with Crippen LogP contribution in [0.25, 0.3) is 5.70 Å². The third-order valence-corrected chi connectivity index (χ3v) is 5.26. The van der Waals surface area contributed by atoms with Gasteiger partial charge in [0, 0.05) is 30.3 Å². The fourth-order valence-corrected chi connectivity index (χ4v) is 3.87. The fraction of sp³-hybridized carbons (Fsp3) is 0.273. The van der Waals surface area contributed by atoms with Crippen LogP contribution in [0.5, 0.6) is 11.5 Å². The number of nitrogens with zero attached hydrogens (tertiary/aromatic N) is 1. The summed E-state index contributed by atoms with van der Waals surface area (Å²) in [6.07, 6.45) is 3.78. The Morgan fingerprint density at radius 1 is 1.11 bits per heavy atom. The van der Waals surface area contributed by atoms with Crippen LogP contribution in [0.1, 0.15) is 35.4 Å². The molecule has 1 atom stereocenters. The van der Waals surface area contributed by atoms with E-state index in [0.717, 1.165) is 31.5 Å². The highest BCUT2D eigenvalue weighted by Gasteiger charge is 2.24. The molecule has 0 aromatic heterocycles. The van der Waals surface area contributed by atoms with Gasteiger partial charge in [-0.1, -0.05) is 18.2 Å². The van der Waals surface area contributed by atoms with Crippen LogP contribution in [0.4, 0.5) is 0 Å². The number of hydrogen-bond acceptors (Lipinski definition) is 6. The van der Waals surface area contributed by atoms with E-state index in [1.807, 2.05) is 19.1 Å². The van der Waals surface area contributed by atoms with Gasteiger partial charge in [-0.2, -0.15) is 0 Å². The van der Waals surface area contributed by atoms with Crippen molar-refractivity contribution in [1.29, 1.82) is 0 Å². The molecule has 2 aromatic rings. The fourth-order valence-electron chi connectivity index (χ4n) is 3.87. The summed E-state index contributed by atoms with van der Waals surface area (Å²) < 4.78 is 0. The topological polar surface area (TPSA) is 122 Å². The molecule has 1 unspecified atom stereocenters. The van der Waals surface area contributed by atoms with Crippen LogP contribution in [-0.2, 0) is 0 Å². The zero-order chi connectivity index (χ0) is 20.3. The average Bonchev–Trinajstić information content (AvgIpc) is 2.66. The number of aryl methyl sites for hydroxylation is 1. The Morgan fingerprint density at radius 3 is 2.54 bits per heavy atom. The second kappa shape index (κ2) is 8.17. The molecule has 148 valence electrons. The summed E-state index contributed by atoms with van der Waals surface area (Å²) in [6.45, 7) is 3.59. The van der Waals surface area contributed by atoms with E-state index >= 15 is 0 Å². The maximum atomic E-state index is 10.1. The lowest BCUT2D eigenvalue weighted by Gasteiger charge is -2.36. The number of phenols is 2. The maximum Gasteiger partial charge on any atom is 0.124 e. The first-order chi connectivity index (χ1) is 13.4. The van der Waals surface area contributed by atoms with Crippen molar-refractivity contribution in [2.45, 2.75) is 25.7 Å². The first-order valence-electron chi connectivity index (χ1n) is 9.42. The molecule has 0 aliphatic carbocycles. The van der Waals surface area contributed by atoms with Gasteiger partial charge in [-0.15, -0.1) is 0 Å². The summed E-state index contributed by atoms with van der Waals surface area (Å²) >= 11 is 0. The Balaban J connectivity index is 1.88. The van der Waals surface area contributed by atoms with Crippen LogP contribution < -0.4 is 17.2 Å². The van der Waals surface area contributed by atoms with Gasteiger partial charge in [-0.3, -0.25) is 0 Å². The highest BCUT2D eigenvalue weighted by Crippen LogP contribution is 2.33. The van der Waals surface area contributed by atoms with E-state index < -0.39 is 0 Å². The molecule has 1 aliphatic heterocycles. The Bertz CT molecular complexity index is 917. The molecule has 1 saturated heterocycles. The van der Waals surface area contributed by atoms with E-state index in [4.69, 9.17) is 17.2 Å². The van der Waals surface area contributed by atoms with Crippen molar-refractivity contribution in [1.82, 2.24) is 4.90 Å². The molecule has 1 heterocycles. The molecule has 6 heteroatoms. The highest BCUT2D eigenvalue weighted by atomic mass is 16.3. The summed E-state index contributed by atoms with van der Waals surface area (Å²) in [6, 6.07) is 12.4. The minimum atomic E-state index is 0.113. The molecular weight excluding hydrogens is 352 g/mol. The largest absolute Gasteiger partial charge is 0.508 e. The normalized spacial score (nSPS) is 17.4. The third kappa shape index (κ3) is 4.17. The van der Waals surface area contributed by atoms with Crippen molar-refractivity contribution < 1.29 is 10.2 Å². The van der Waals surface area contributed by atoms with Crippen molar-refractivity contribution >= 4 is 5.70 Å². The Morgan fingerprint density at radius 2 is 1.86 bits per heavy atom. The summed E-state index contributed by atoms with van der Waals surface area (Å²) in [5.41, 5.74) is 22.1. The van der Waals surface area contributed by atoms with E-state index in [9.17, 15) is 10.2 Å². The molecular formula is C22H28N4O2. The molecule has 1 aliphatic rings. The minimum Gasteiger partial charge on any atom is -0.508 e. The van der Waals surface area contributed by atoms with Crippen molar-refractivity contribution in [3.05, 3.63) is 76.7 Å². The average molecular weight is 380 g/mol. The second-order valence-corrected chi connectivity index (χ2v) is 7.28. The van der Waals surface area contributed by atoms with E-state index in [2.05, 4.69) is 4.90 Å². The van der Waals surface area contributed by atoms with Crippen LogP contribution in [-0.4, -0.2) is 28.2 Å². The smallest absolute Gasteiger partial charge is 0.124 e. The van der Waals surface area contributed by atoms with Gasteiger partial charge in [0.1, 0.15) is 17.3 Å². The number of likely N-dealkylation sites (tertiary alicyclic amines) is 1. The molecule has 8 N–H and O–H groups in total. The molecule has 0 radical (unpaired) electrons. The Hall–Kier alpha value is -3.28. The van der Waals surface area contributed by atoms with Crippen LogP contribution in [0, 0.1) is 6.92 Å². The molecule has 0 amide bonds. The number of benzene rings is 2. The van der Waals surface area contributed by atoms with E-state index in [-0.39, 0.29) is 17.3 Å². The lowest BCUT2D eigenvalue weighted by Crippen LogP contribution is -2.36. The van der Waals surface area contributed by atoms with Crippen molar-refractivity contribution in [2.24, 2.45) is 17.2 Å². The second-order valence-electron chi connectivity index (χ2n) is 7.28. The lowest BCUT2D eigenvalue weighted by molar-refractivity contribution is 0.262. The Labute approximate surface area is 165 Å². The first kappa shape index (κ1) is 19.5. The monoisotopic (exact) mass is 380 g/mol. The van der Waals surface area contributed by atoms with Gasteiger partial charge in [0.05, 0.1) is 5.70 Å². The number of para-hydroxylation sites is 1. The number of rotatable bonds is 4. The van der Waals surface area contributed by atoms with Crippen LogP contribution >= 0.6 is 0 Å². The van der Waals surface area contributed by atoms with Gasteiger partial charge in [0.15, 0.2) is 0 Å². The van der Waals surface area contributed by atoms with Crippen LogP contribution in [0.15, 0.2) is 60.1 Å². The summed E-state index contributed by atoms with van der Waals surface area (Å²) in [4.78, 5) is 2.14. The number of allylic oxidation sites excluding steroid dienone is 1. The van der Waals surface area contributed by atoms with E-state index in [0.29, 0.717) is 22.9 Å². The molecule has 1 fully saturated rings. The maximum absolute atomic E-state index is 10.1. The number of nitrogens with two attached hydrogens (primary N) is 3. The molecule has 2 aromatic carbocycles. The minimum absolute atomic E-state index is 0.113. The number of piperidine rings is 1.